The minimum absolute atomic E-state index is 0.502. The summed E-state index contributed by atoms with van der Waals surface area (Å²) in [6, 6.07) is 0. The van der Waals surface area contributed by atoms with E-state index in [1.807, 2.05) is 12.4 Å². The number of likely N-dealkylation sites (N-methyl/N-ethyl adjacent to an activating group) is 1. The SMILES string of the molecule is [CH2]N(C)CC(O)c1nccs1. The average Bonchev–Trinajstić information content (AvgIpc) is 2.35. The molecule has 61 valence electrons. The largest absolute Gasteiger partial charge is 0.385 e. The Morgan fingerprint density at radius 3 is 3.09 bits per heavy atom. The number of nitrogens with zero attached hydrogens (tertiary/aromatic N) is 2. The van der Waals surface area contributed by atoms with Gasteiger partial charge in [-0.2, -0.15) is 0 Å². The molecule has 0 aliphatic heterocycles. The summed E-state index contributed by atoms with van der Waals surface area (Å²) in [6.07, 6.45) is 1.18. The summed E-state index contributed by atoms with van der Waals surface area (Å²) < 4.78 is 0. The second-order valence-electron chi connectivity index (χ2n) is 2.42. The maximum absolute atomic E-state index is 9.45. The van der Waals surface area contributed by atoms with Crippen LogP contribution in [0.2, 0.25) is 0 Å². The molecule has 0 saturated heterocycles. The van der Waals surface area contributed by atoms with E-state index in [1.165, 1.54) is 11.3 Å². The van der Waals surface area contributed by atoms with Crippen LogP contribution in [0.4, 0.5) is 0 Å². The van der Waals surface area contributed by atoms with Crippen molar-refractivity contribution in [2.24, 2.45) is 0 Å². The van der Waals surface area contributed by atoms with Gasteiger partial charge in [-0.15, -0.1) is 11.3 Å². The third kappa shape index (κ3) is 2.57. The number of rotatable bonds is 3. The van der Waals surface area contributed by atoms with Crippen molar-refractivity contribution in [3.8, 4) is 0 Å². The highest BCUT2D eigenvalue weighted by Crippen LogP contribution is 2.15. The fourth-order valence-electron chi connectivity index (χ4n) is 0.772. The molecule has 0 saturated carbocycles. The van der Waals surface area contributed by atoms with Crippen molar-refractivity contribution in [1.82, 2.24) is 9.88 Å². The Labute approximate surface area is 70.3 Å². The molecule has 11 heavy (non-hydrogen) atoms. The summed E-state index contributed by atoms with van der Waals surface area (Å²) >= 11 is 1.46. The van der Waals surface area contributed by atoms with Crippen molar-refractivity contribution < 1.29 is 5.11 Å². The van der Waals surface area contributed by atoms with Crippen molar-refractivity contribution in [3.05, 3.63) is 23.6 Å². The molecule has 0 aliphatic rings. The summed E-state index contributed by atoms with van der Waals surface area (Å²) in [7, 11) is 5.45. The maximum atomic E-state index is 9.45. The molecule has 0 aromatic carbocycles. The number of aliphatic hydroxyl groups excluding tert-OH is 1. The zero-order chi connectivity index (χ0) is 8.27. The van der Waals surface area contributed by atoms with E-state index in [2.05, 4.69) is 12.0 Å². The lowest BCUT2D eigenvalue weighted by Crippen LogP contribution is -2.17. The van der Waals surface area contributed by atoms with Crippen LogP contribution in [0.3, 0.4) is 0 Å². The van der Waals surface area contributed by atoms with Crippen molar-refractivity contribution in [3.63, 3.8) is 0 Å². The van der Waals surface area contributed by atoms with Gasteiger partial charge in [0.25, 0.3) is 0 Å². The van der Waals surface area contributed by atoms with Gasteiger partial charge < -0.3 is 10.0 Å². The van der Waals surface area contributed by atoms with Gasteiger partial charge in [0, 0.05) is 25.2 Å². The Morgan fingerprint density at radius 1 is 1.91 bits per heavy atom. The highest BCUT2D eigenvalue weighted by molar-refractivity contribution is 7.09. The lowest BCUT2D eigenvalue weighted by Gasteiger charge is -2.12. The Kier molecular flexibility index (Phi) is 2.99. The number of aliphatic hydroxyl groups is 1. The van der Waals surface area contributed by atoms with E-state index in [9.17, 15) is 5.11 Å². The van der Waals surface area contributed by atoms with Crippen LogP contribution in [-0.4, -0.2) is 28.6 Å². The number of hydrogen-bond acceptors (Lipinski definition) is 4. The summed E-state index contributed by atoms with van der Waals surface area (Å²) in [6.45, 7) is 0.521. The van der Waals surface area contributed by atoms with Crippen molar-refractivity contribution in [1.29, 1.82) is 0 Å². The first-order valence-electron chi connectivity index (χ1n) is 3.29. The molecule has 1 N–H and O–H groups in total. The smallest absolute Gasteiger partial charge is 0.122 e. The first-order chi connectivity index (χ1) is 5.20. The highest BCUT2D eigenvalue weighted by Gasteiger charge is 2.09. The van der Waals surface area contributed by atoms with Crippen molar-refractivity contribution >= 4 is 11.3 Å². The van der Waals surface area contributed by atoms with Crippen molar-refractivity contribution in [2.75, 3.05) is 13.6 Å². The van der Waals surface area contributed by atoms with Crippen molar-refractivity contribution in [2.45, 2.75) is 6.10 Å². The molecule has 3 nitrogen and oxygen atoms in total. The molecule has 0 bridgehead atoms. The second-order valence-corrected chi connectivity index (χ2v) is 3.35. The quantitative estimate of drug-likeness (QED) is 0.734. The Hall–Kier alpha value is -0.450. The van der Waals surface area contributed by atoms with E-state index in [-0.39, 0.29) is 0 Å². The van der Waals surface area contributed by atoms with Gasteiger partial charge in [-0.05, 0) is 7.05 Å². The summed E-state index contributed by atoms with van der Waals surface area (Å²) in [5.41, 5.74) is 0. The molecule has 4 heteroatoms. The van der Waals surface area contributed by atoms with E-state index in [0.717, 1.165) is 5.01 Å². The zero-order valence-corrected chi connectivity index (χ0v) is 7.21. The first kappa shape index (κ1) is 8.64. The monoisotopic (exact) mass is 171 g/mol. The highest BCUT2D eigenvalue weighted by atomic mass is 32.1. The molecular formula is C7H11N2OS. The van der Waals surface area contributed by atoms with Crippen LogP contribution in [0, 0.1) is 7.05 Å². The van der Waals surface area contributed by atoms with E-state index in [1.54, 1.807) is 11.1 Å². The summed E-state index contributed by atoms with van der Waals surface area (Å²) in [4.78, 5) is 5.67. The molecule has 0 fully saturated rings. The molecule has 0 aliphatic carbocycles. The second kappa shape index (κ2) is 3.80. The van der Waals surface area contributed by atoms with Gasteiger partial charge >= 0.3 is 0 Å². The van der Waals surface area contributed by atoms with Gasteiger partial charge in [0.1, 0.15) is 11.1 Å². The van der Waals surface area contributed by atoms with Crippen LogP contribution < -0.4 is 0 Å². The lowest BCUT2D eigenvalue weighted by atomic mass is 10.3. The normalized spacial score (nSPS) is 13.8. The van der Waals surface area contributed by atoms with Crippen LogP contribution in [0.25, 0.3) is 0 Å². The van der Waals surface area contributed by atoms with Crippen LogP contribution >= 0.6 is 11.3 Å². The molecule has 1 aromatic rings. The van der Waals surface area contributed by atoms with Crippen LogP contribution in [0.1, 0.15) is 11.1 Å². The predicted octanol–water partition coefficient (Wildman–Crippen LogP) is 0.900. The van der Waals surface area contributed by atoms with E-state index < -0.39 is 6.10 Å². The molecule has 1 heterocycles. The molecule has 1 rings (SSSR count). The van der Waals surface area contributed by atoms with Gasteiger partial charge in [0.2, 0.25) is 0 Å². The summed E-state index contributed by atoms with van der Waals surface area (Å²) in [5, 5.41) is 12.0. The minimum atomic E-state index is -0.502. The number of aromatic nitrogens is 1. The van der Waals surface area contributed by atoms with Gasteiger partial charge in [-0.3, -0.25) is 0 Å². The van der Waals surface area contributed by atoms with Gasteiger partial charge in [0.15, 0.2) is 0 Å². The predicted molar refractivity (Wildman–Crippen MR) is 45.1 cm³/mol. The molecule has 1 aromatic heterocycles. The van der Waals surface area contributed by atoms with E-state index in [4.69, 9.17) is 0 Å². The van der Waals surface area contributed by atoms with Gasteiger partial charge in [-0.1, -0.05) is 0 Å². The van der Waals surface area contributed by atoms with E-state index >= 15 is 0 Å². The fraction of sp³-hybridized carbons (Fsp3) is 0.429. The maximum Gasteiger partial charge on any atom is 0.122 e. The third-order valence-electron chi connectivity index (χ3n) is 1.22. The summed E-state index contributed by atoms with van der Waals surface area (Å²) in [5.74, 6) is 0. The zero-order valence-electron chi connectivity index (χ0n) is 6.40. The van der Waals surface area contributed by atoms with Gasteiger partial charge in [0.05, 0.1) is 0 Å². The standard InChI is InChI=1S/C7H11N2OS/c1-9(2)5-6(10)7-8-3-4-11-7/h3-4,6,10H,1,5H2,2H3. The fourth-order valence-corrected chi connectivity index (χ4v) is 1.39. The number of thiazole rings is 1. The molecule has 1 radical (unpaired) electrons. The average molecular weight is 171 g/mol. The Bertz CT molecular complexity index is 198. The molecule has 1 atom stereocenters. The Balaban J connectivity index is 2.49. The molecule has 0 spiro atoms. The number of hydrogen-bond donors (Lipinski definition) is 1. The molecule has 0 amide bonds. The molecule has 1 unspecified atom stereocenters. The minimum Gasteiger partial charge on any atom is -0.385 e. The third-order valence-corrected chi connectivity index (χ3v) is 2.10. The van der Waals surface area contributed by atoms with Gasteiger partial charge in [-0.25, -0.2) is 4.98 Å². The lowest BCUT2D eigenvalue weighted by molar-refractivity contribution is 0.144. The topological polar surface area (TPSA) is 36.4 Å². The van der Waals surface area contributed by atoms with Crippen LogP contribution in [0.5, 0.6) is 0 Å². The van der Waals surface area contributed by atoms with Crippen LogP contribution in [0.15, 0.2) is 11.6 Å². The molecular weight excluding hydrogens is 160 g/mol. The first-order valence-corrected chi connectivity index (χ1v) is 4.17. The van der Waals surface area contributed by atoms with E-state index in [0.29, 0.717) is 6.54 Å². The Morgan fingerprint density at radius 2 is 2.64 bits per heavy atom. The van der Waals surface area contributed by atoms with Crippen LogP contribution in [-0.2, 0) is 0 Å².